The lowest BCUT2D eigenvalue weighted by atomic mass is 10.0. The summed E-state index contributed by atoms with van der Waals surface area (Å²) in [5, 5.41) is 18.2. The van der Waals surface area contributed by atoms with Crippen LogP contribution in [0.15, 0.2) is 35.9 Å². The van der Waals surface area contributed by atoms with Gasteiger partial charge in [-0.1, -0.05) is 114 Å². The number of hydrogen-bond donors (Lipinski definition) is 2. The molecule has 0 saturated carbocycles. The third-order valence-electron chi connectivity index (χ3n) is 6.65. The minimum absolute atomic E-state index is 0.358. The molecule has 0 bridgehead atoms. The van der Waals surface area contributed by atoms with E-state index in [-0.39, 0.29) is 5.92 Å². The van der Waals surface area contributed by atoms with Gasteiger partial charge >= 0.3 is 5.97 Å². The molecule has 0 aliphatic rings. The molecule has 0 amide bonds. The molecule has 0 fully saturated rings. The summed E-state index contributed by atoms with van der Waals surface area (Å²) >= 11 is 0. The Balaban J connectivity index is 1.76. The van der Waals surface area contributed by atoms with E-state index in [4.69, 9.17) is 5.11 Å². The number of carbonyl (C=O) groups is 1. The highest BCUT2D eigenvalue weighted by Crippen LogP contribution is 2.17. The number of hydrogen-bond acceptors (Lipinski definition) is 2. The van der Waals surface area contributed by atoms with Crippen LogP contribution in [0.25, 0.3) is 0 Å². The van der Waals surface area contributed by atoms with Crippen molar-refractivity contribution in [2.24, 2.45) is 5.92 Å². The molecule has 0 heterocycles. The van der Waals surface area contributed by atoms with Crippen LogP contribution in [0.4, 0.5) is 0 Å². The number of aliphatic carboxylic acids is 1. The number of aromatic hydroxyl groups is 1. The minimum atomic E-state index is -0.733. The molecule has 0 aliphatic heterocycles. The largest absolute Gasteiger partial charge is 0.508 e. The van der Waals surface area contributed by atoms with E-state index < -0.39 is 5.97 Å². The molecule has 2 N–H and O–H groups in total. The maximum atomic E-state index is 10.9. The molecule has 0 aliphatic carbocycles. The molecule has 1 aromatic rings. The number of phenols is 1. The van der Waals surface area contributed by atoms with Crippen LogP contribution in [0.1, 0.15) is 129 Å². The molecule has 0 saturated heterocycles. The Labute approximate surface area is 203 Å². The van der Waals surface area contributed by atoms with Crippen LogP contribution in [-0.4, -0.2) is 16.2 Å². The first-order valence-corrected chi connectivity index (χ1v) is 13.7. The Hall–Kier alpha value is -1.77. The first-order valence-electron chi connectivity index (χ1n) is 13.7. The smallest absolute Gasteiger partial charge is 0.310 e. The van der Waals surface area contributed by atoms with E-state index in [0.29, 0.717) is 5.75 Å². The number of allylic oxidation sites excluding steroid dienone is 1. The molecule has 188 valence electrons. The number of carboxylic acid groups (broad SMARTS) is 1. The number of carboxylic acids is 1. The molecule has 1 atom stereocenters. The first-order chi connectivity index (χ1) is 16.0. The van der Waals surface area contributed by atoms with Crippen molar-refractivity contribution in [1.29, 1.82) is 0 Å². The van der Waals surface area contributed by atoms with Gasteiger partial charge in [0.15, 0.2) is 0 Å². The number of phenolic OH excluding ortho intramolecular Hbond substituents is 1. The fraction of sp³-hybridized carbons (Fsp3) is 0.700. The molecule has 0 unspecified atom stereocenters. The average molecular weight is 459 g/mol. The van der Waals surface area contributed by atoms with Gasteiger partial charge < -0.3 is 10.2 Å². The summed E-state index contributed by atoms with van der Waals surface area (Å²) in [6.45, 7) is 3.80. The highest BCUT2D eigenvalue weighted by molar-refractivity contribution is 5.71. The monoisotopic (exact) mass is 458 g/mol. The van der Waals surface area contributed by atoms with Crippen molar-refractivity contribution in [1.82, 2.24) is 0 Å². The third kappa shape index (κ3) is 17.4. The quantitative estimate of drug-likeness (QED) is 0.142. The predicted octanol–water partition coefficient (Wildman–Crippen LogP) is 9.23. The summed E-state index contributed by atoms with van der Waals surface area (Å²) in [7, 11) is 0. The van der Waals surface area contributed by atoms with Crippen LogP contribution in [0.5, 0.6) is 5.75 Å². The second-order valence-electron chi connectivity index (χ2n) is 9.96. The van der Waals surface area contributed by atoms with Crippen LogP contribution in [-0.2, 0) is 11.2 Å². The summed E-state index contributed by atoms with van der Waals surface area (Å²) in [4.78, 5) is 10.9. The Morgan fingerprint density at radius 3 is 1.55 bits per heavy atom. The zero-order chi connectivity index (χ0) is 24.2. The lowest BCUT2D eigenvalue weighted by molar-refractivity contribution is -0.139. The summed E-state index contributed by atoms with van der Waals surface area (Å²) in [5.74, 6) is -0.738. The maximum Gasteiger partial charge on any atom is 0.310 e. The van der Waals surface area contributed by atoms with Crippen LogP contribution in [0.3, 0.4) is 0 Å². The summed E-state index contributed by atoms with van der Waals surface area (Å²) in [5.41, 5.74) is 2.55. The lowest BCUT2D eigenvalue weighted by Crippen LogP contribution is -2.06. The first kappa shape index (κ1) is 29.3. The van der Waals surface area contributed by atoms with Crippen molar-refractivity contribution in [2.45, 2.75) is 129 Å². The van der Waals surface area contributed by atoms with Crippen LogP contribution >= 0.6 is 0 Å². The SMILES string of the molecule is C/C(=C\[C@@H](C)C(=O)O)CCCCCCCCCCCCCCCCCCc1ccc(O)cc1. The standard InChI is InChI=1S/C30H50O3/c1-26(25-27(2)30(32)33)19-17-15-13-11-9-7-5-3-4-6-8-10-12-14-16-18-20-28-21-23-29(31)24-22-28/h21-25,27,31H,3-20H2,1-2H3,(H,32,33)/b26-25+/t27-/m1/s1. The molecule has 0 radical (unpaired) electrons. The van der Waals surface area contributed by atoms with E-state index in [0.717, 1.165) is 12.8 Å². The topological polar surface area (TPSA) is 57.5 Å². The Morgan fingerprint density at radius 1 is 0.727 bits per heavy atom. The van der Waals surface area contributed by atoms with Gasteiger partial charge in [0.05, 0.1) is 5.92 Å². The predicted molar refractivity (Wildman–Crippen MR) is 141 cm³/mol. The molecule has 1 rings (SSSR count). The van der Waals surface area contributed by atoms with Gasteiger partial charge in [0.25, 0.3) is 0 Å². The molecule has 0 aromatic heterocycles. The van der Waals surface area contributed by atoms with Crippen molar-refractivity contribution in [3.8, 4) is 5.75 Å². The summed E-state index contributed by atoms with van der Waals surface area (Å²) in [6, 6.07) is 7.63. The molecule has 3 nitrogen and oxygen atoms in total. The van der Waals surface area contributed by atoms with Crippen molar-refractivity contribution in [3.63, 3.8) is 0 Å². The van der Waals surface area contributed by atoms with Gasteiger partial charge in [-0.25, -0.2) is 0 Å². The van der Waals surface area contributed by atoms with E-state index >= 15 is 0 Å². The number of aryl methyl sites for hydroxylation is 1. The normalized spacial score (nSPS) is 12.7. The number of unbranched alkanes of at least 4 members (excludes halogenated alkanes) is 15. The highest BCUT2D eigenvalue weighted by atomic mass is 16.4. The molecule has 3 heteroatoms. The number of benzene rings is 1. The fourth-order valence-electron chi connectivity index (χ4n) is 4.45. The lowest BCUT2D eigenvalue weighted by Gasteiger charge is -2.05. The van der Waals surface area contributed by atoms with Gasteiger partial charge in [-0.05, 0) is 57.2 Å². The minimum Gasteiger partial charge on any atom is -0.508 e. The maximum absolute atomic E-state index is 10.9. The Bertz CT molecular complexity index is 632. The summed E-state index contributed by atoms with van der Waals surface area (Å²) in [6.07, 6.45) is 25.6. The van der Waals surface area contributed by atoms with E-state index in [1.165, 1.54) is 114 Å². The van der Waals surface area contributed by atoms with Crippen LogP contribution in [0, 0.1) is 5.92 Å². The van der Waals surface area contributed by atoms with E-state index in [1.807, 2.05) is 18.2 Å². The van der Waals surface area contributed by atoms with Gasteiger partial charge in [0.2, 0.25) is 0 Å². The van der Waals surface area contributed by atoms with E-state index in [1.54, 1.807) is 19.1 Å². The fourth-order valence-corrected chi connectivity index (χ4v) is 4.45. The van der Waals surface area contributed by atoms with Gasteiger partial charge in [-0.15, -0.1) is 0 Å². The number of rotatable bonds is 21. The van der Waals surface area contributed by atoms with Crippen molar-refractivity contribution in [2.75, 3.05) is 0 Å². The molecule has 1 aromatic carbocycles. The highest BCUT2D eigenvalue weighted by Gasteiger charge is 2.07. The van der Waals surface area contributed by atoms with E-state index in [2.05, 4.69) is 6.92 Å². The second-order valence-corrected chi connectivity index (χ2v) is 9.96. The van der Waals surface area contributed by atoms with Crippen molar-refractivity contribution in [3.05, 3.63) is 41.5 Å². The third-order valence-corrected chi connectivity index (χ3v) is 6.65. The van der Waals surface area contributed by atoms with Crippen molar-refractivity contribution >= 4 is 5.97 Å². The second kappa shape index (κ2) is 19.7. The summed E-state index contributed by atoms with van der Waals surface area (Å²) < 4.78 is 0. The zero-order valence-electron chi connectivity index (χ0n) is 21.5. The molecule has 0 spiro atoms. The average Bonchev–Trinajstić information content (AvgIpc) is 2.79. The Morgan fingerprint density at radius 2 is 1.12 bits per heavy atom. The van der Waals surface area contributed by atoms with Crippen LogP contribution in [0.2, 0.25) is 0 Å². The van der Waals surface area contributed by atoms with Gasteiger partial charge in [0, 0.05) is 0 Å². The zero-order valence-corrected chi connectivity index (χ0v) is 21.5. The van der Waals surface area contributed by atoms with Gasteiger partial charge in [0.1, 0.15) is 5.75 Å². The van der Waals surface area contributed by atoms with Gasteiger partial charge in [-0.2, -0.15) is 0 Å². The van der Waals surface area contributed by atoms with E-state index in [9.17, 15) is 9.90 Å². The molecule has 33 heavy (non-hydrogen) atoms. The molecular formula is C30H50O3. The van der Waals surface area contributed by atoms with Crippen LogP contribution < -0.4 is 0 Å². The Kier molecular flexibility index (Phi) is 17.4. The van der Waals surface area contributed by atoms with Crippen molar-refractivity contribution < 1.29 is 15.0 Å². The molecular weight excluding hydrogens is 408 g/mol. The van der Waals surface area contributed by atoms with Gasteiger partial charge in [-0.3, -0.25) is 4.79 Å².